The van der Waals surface area contributed by atoms with Crippen LogP contribution in [0.5, 0.6) is 5.75 Å². The summed E-state index contributed by atoms with van der Waals surface area (Å²) in [4.78, 5) is 2.24. The zero-order valence-corrected chi connectivity index (χ0v) is 10.5. The molecule has 0 heterocycles. The maximum Gasteiger partial charge on any atom is 0.123 e. The van der Waals surface area contributed by atoms with Gasteiger partial charge in [0.1, 0.15) is 5.75 Å². The van der Waals surface area contributed by atoms with Gasteiger partial charge in [-0.3, -0.25) is 4.90 Å². The van der Waals surface area contributed by atoms with Gasteiger partial charge in [0.2, 0.25) is 0 Å². The van der Waals surface area contributed by atoms with E-state index in [0.717, 1.165) is 22.9 Å². The number of benzene rings is 1. The van der Waals surface area contributed by atoms with E-state index in [4.69, 9.17) is 16.3 Å². The van der Waals surface area contributed by atoms with Crippen molar-refractivity contribution in [2.75, 3.05) is 14.2 Å². The van der Waals surface area contributed by atoms with Gasteiger partial charge in [-0.2, -0.15) is 0 Å². The second-order valence-electron chi connectivity index (χ2n) is 3.97. The van der Waals surface area contributed by atoms with Crippen molar-refractivity contribution >= 4 is 11.6 Å². The molecule has 0 unspecified atom stereocenters. The summed E-state index contributed by atoms with van der Waals surface area (Å²) < 4.78 is 5.30. The van der Waals surface area contributed by atoms with Crippen LogP contribution in [0.4, 0.5) is 0 Å². The van der Waals surface area contributed by atoms with Crippen LogP contribution in [0.15, 0.2) is 18.2 Å². The molecule has 1 rings (SSSR count). The molecule has 0 aliphatic rings. The van der Waals surface area contributed by atoms with Crippen molar-refractivity contribution < 1.29 is 4.74 Å². The topological polar surface area (TPSA) is 12.5 Å². The lowest BCUT2D eigenvalue weighted by molar-refractivity contribution is 0.261. The second-order valence-corrected chi connectivity index (χ2v) is 4.40. The molecule has 0 aliphatic heterocycles. The molecule has 0 fully saturated rings. The summed E-state index contributed by atoms with van der Waals surface area (Å²) in [5, 5.41) is 0.753. The number of ether oxygens (including phenoxy) is 1. The Morgan fingerprint density at radius 1 is 1.40 bits per heavy atom. The Kier molecular flexibility index (Phi) is 4.43. The molecule has 1 aromatic carbocycles. The SMILES string of the molecule is COc1ccc(Cl)cc1CN(C)C(C)C. The molecule has 0 radical (unpaired) electrons. The van der Waals surface area contributed by atoms with Crippen LogP contribution in [0.1, 0.15) is 19.4 Å². The van der Waals surface area contributed by atoms with Gasteiger partial charge in [-0.15, -0.1) is 0 Å². The van der Waals surface area contributed by atoms with Gasteiger partial charge >= 0.3 is 0 Å². The molecule has 0 spiro atoms. The smallest absolute Gasteiger partial charge is 0.123 e. The zero-order chi connectivity index (χ0) is 11.4. The van der Waals surface area contributed by atoms with Crippen molar-refractivity contribution in [3.05, 3.63) is 28.8 Å². The van der Waals surface area contributed by atoms with Gasteiger partial charge in [0, 0.05) is 23.2 Å². The van der Waals surface area contributed by atoms with Gasteiger partial charge in [0.05, 0.1) is 7.11 Å². The molecule has 0 atom stereocenters. The molecule has 15 heavy (non-hydrogen) atoms. The Bertz CT molecular complexity index is 325. The highest BCUT2D eigenvalue weighted by atomic mass is 35.5. The first-order chi connectivity index (χ1) is 7.04. The van der Waals surface area contributed by atoms with Gasteiger partial charge in [-0.25, -0.2) is 0 Å². The van der Waals surface area contributed by atoms with Crippen molar-refractivity contribution in [3.63, 3.8) is 0 Å². The fourth-order valence-electron chi connectivity index (χ4n) is 1.32. The highest BCUT2D eigenvalue weighted by Gasteiger charge is 2.09. The fraction of sp³-hybridized carbons (Fsp3) is 0.500. The molecule has 0 saturated carbocycles. The maximum absolute atomic E-state index is 5.96. The van der Waals surface area contributed by atoms with Crippen LogP contribution in [0.2, 0.25) is 5.02 Å². The van der Waals surface area contributed by atoms with E-state index in [9.17, 15) is 0 Å². The number of nitrogens with zero attached hydrogens (tertiary/aromatic N) is 1. The van der Waals surface area contributed by atoms with Gasteiger partial charge in [-0.1, -0.05) is 11.6 Å². The number of hydrogen-bond acceptors (Lipinski definition) is 2. The minimum atomic E-state index is 0.508. The van der Waals surface area contributed by atoms with Crippen LogP contribution >= 0.6 is 11.6 Å². The molecule has 0 aromatic heterocycles. The van der Waals surface area contributed by atoms with Crippen molar-refractivity contribution in [2.45, 2.75) is 26.4 Å². The molecule has 1 aromatic rings. The first kappa shape index (κ1) is 12.3. The Hall–Kier alpha value is -0.730. The van der Waals surface area contributed by atoms with Crippen LogP contribution < -0.4 is 4.74 Å². The minimum Gasteiger partial charge on any atom is -0.496 e. The van der Waals surface area contributed by atoms with Crippen molar-refractivity contribution in [2.24, 2.45) is 0 Å². The van der Waals surface area contributed by atoms with E-state index in [1.165, 1.54) is 0 Å². The van der Waals surface area contributed by atoms with Gasteiger partial charge in [-0.05, 0) is 39.1 Å². The normalized spacial score (nSPS) is 11.1. The lowest BCUT2D eigenvalue weighted by Crippen LogP contribution is -2.25. The maximum atomic E-state index is 5.96. The van der Waals surface area contributed by atoms with Crippen LogP contribution in [0.25, 0.3) is 0 Å². The van der Waals surface area contributed by atoms with E-state index in [1.807, 2.05) is 18.2 Å². The summed E-state index contributed by atoms with van der Waals surface area (Å²) in [6, 6.07) is 6.22. The minimum absolute atomic E-state index is 0.508. The Morgan fingerprint density at radius 3 is 2.60 bits per heavy atom. The molecular weight excluding hydrogens is 210 g/mol. The average molecular weight is 228 g/mol. The standard InChI is InChI=1S/C12H18ClNO/c1-9(2)14(3)8-10-7-11(13)5-6-12(10)15-4/h5-7,9H,8H2,1-4H3. The quantitative estimate of drug-likeness (QED) is 0.784. The van der Waals surface area contributed by atoms with Crippen molar-refractivity contribution in [1.82, 2.24) is 4.90 Å². The number of rotatable bonds is 4. The van der Waals surface area contributed by atoms with E-state index in [1.54, 1.807) is 7.11 Å². The number of hydrogen-bond donors (Lipinski definition) is 0. The third kappa shape index (κ3) is 3.40. The molecule has 0 aliphatic carbocycles. The highest BCUT2D eigenvalue weighted by Crippen LogP contribution is 2.24. The van der Waals surface area contributed by atoms with E-state index >= 15 is 0 Å². The molecule has 0 bridgehead atoms. The summed E-state index contributed by atoms with van der Waals surface area (Å²) in [6.45, 7) is 5.18. The lowest BCUT2D eigenvalue weighted by Gasteiger charge is -2.22. The first-order valence-corrected chi connectivity index (χ1v) is 5.45. The zero-order valence-electron chi connectivity index (χ0n) is 9.75. The molecular formula is C12H18ClNO. The molecule has 0 saturated heterocycles. The molecule has 84 valence electrons. The summed E-state index contributed by atoms with van der Waals surface area (Å²) in [5.41, 5.74) is 1.13. The van der Waals surface area contributed by atoms with Crippen molar-refractivity contribution in [3.8, 4) is 5.75 Å². The average Bonchev–Trinajstić information content (AvgIpc) is 2.18. The summed E-state index contributed by atoms with van der Waals surface area (Å²) in [6.07, 6.45) is 0. The monoisotopic (exact) mass is 227 g/mol. The van der Waals surface area contributed by atoms with Crippen LogP contribution in [0.3, 0.4) is 0 Å². The fourth-order valence-corrected chi connectivity index (χ4v) is 1.52. The Labute approximate surface area is 96.8 Å². The Morgan fingerprint density at radius 2 is 2.07 bits per heavy atom. The van der Waals surface area contributed by atoms with Crippen LogP contribution in [-0.2, 0) is 6.54 Å². The predicted molar refractivity (Wildman–Crippen MR) is 64.6 cm³/mol. The molecule has 3 heteroatoms. The van der Waals surface area contributed by atoms with Crippen LogP contribution in [0, 0.1) is 0 Å². The highest BCUT2D eigenvalue weighted by molar-refractivity contribution is 6.30. The summed E-state index contributed by atoms with van der Waals surface area (Å²) in [5.74, 6) is 0.895. The molecule has 0 amide bonds. The van der Waals surface area contributed by atoms with Gasteiger partial charge < -0.3 is 4.74 Å². The summed E-state index contributed by atoms with van der Waals surface area (Å²) in [7, 11) is 3.77. The van der Waals surface area contributed by atoms with Gasteiger partial charge in [0.25, 0.3) is 0 Å². The largest absolute Gasteiger partial charge is 0.496 e. The second kappa shape index (κ2) is 5.38. The molecule has 0 N–H and O–H groups in total. The van der Waals surface area contributed by atoms with Gasteiger partial charge in [0.15, 0.2) is 0 Å². The van der Waals surface area contributed by atoms with E-state index < -0.39 is 0 Å². The Balaban J connectivity index is 2.87. The number of methoxy groups -OCH3 is 1. The van der Waals surface area contributed by atoms with E-state index in [2.05, 4.69) is 25.8 Å². The predicted octanol–water partition coefficient (Wildman–Crippen LogP) is 3.19. The lowest BCUT2D eigenvalue weighted by atomic mass is 10.1. The van der Waals surface area contributed by atoms with Crippen LogP contribution in [-0.4, -0.2) is 25.1 Å². The van der Waals surface area contributed by atoms with E-state index in [-0.39, 0.29) is 0 Å². The summed E-state index contributed by atoms with van der Waals surface area (Å²) >= 11 is 5.96. The number of halogens is 1. The van der Waals surface area contributed by atoms with E-state index in [0.29, 0.717) is 6.04 Å². The first-order valence-electron chi connectivity index (χ1n) is 5.07. The third-order valence-corrected chi connectivity index (χ3v) is 2.78. The molecule has 2 nitrogen and oxygen atoms in total. The third-order valence-electron chi connectivity index (χ3n) is 2.54. The van der Waals surface area contributed by atoms with Crippen molar-refractivity contribution in [1.29, 1.82) is 0 Å².